The summed E-state index contributed by atoms with van der Waals surface area (Å²) in [5, 5.41) is 11.6. The number of nitrogens with one attached hydrogen (secondary N) is 1. The number of aromatic nitrogens is 1. The zero-order valence-electron chi connectivity index (χ0n) is 9.65. The summed E-state index contributed by atoms with van der Waals surface area (Å²) in [4.78, 5) is 22.8. The second-order valence-corrected chi connectivity index (χ2v) is 3.84. The first-order chi connectivity index (χ1) is 7.41. The van der Waals surface area contributed by atoms with Gasteiger partial charge in [-0.3, -0.25) is 9.59 Å². The van der Waals surface area contributed by atoms with Crippen LogP contribution in [0, 0.1) is 0 Å². The molecule has 0 bridgehead atoms. The monoisotopic (exact) mass is 224 g/mol. The van der Waals surface area contributed by atoms with Crippen LogP contribution in [-0.4, -0.2) is 34.0 Å². The first-order valence-corrected chi connectivity index (χ1v) is 5.05. The number of nitrogens with zero attached hydrogens (tertiary/aromatic N) is 1. The smallest absolute Gasteiger partial charge is 0.268 e. The normalized spacial score (nSPS) is 12.2. The molecule has 88 valence electrons. The minimum Gasteiger partial charge on any atom is -0.392 e. The van der Waals surface area contributed by atoms with Crippen LogP contribution in [0.2, 0.25) is 0 Å². The van der Waals surface area contributed by atoms with Crippen molar-refractivity contribution in [3.8, 4) is 0 Å². The van der Waals surface area contributed by atoms with Gasteiger partial charge in [0.2, 0.25) is 0 Å². The fraction of sp³-hybridized carbons (Fsp3) is 0.455. The zero-order chi connectivity index (χ0) is 12.3. The Labute approximate surface area is 94.1 Å². The minimum absolute atomic E-state index is 0.0785. The third-order valence-corrected chi connectivity index (χ3v) is 2.20. The van der Waals surface area contributed by atoms with E-state index in [1.54, 1.807) is 30.8 Å². The SMILES string of the molecule is CC(=O)c1cc(C(=O)NCC(C)O)n(C)c1. The lowest BCUT2D eigenvalue weighted by Gasteiger charge is -2.07. The Bertz CT molecular complexity index is 407. The summed E-state index contributed by atoms with van der Waals surface area (Å²) in [7, 11) is 1.70. The molecule has 5 nitrogen and oxygen atoms in total. The number of carbonyl (C=O) groups is 2. The molecule has 5 heteroatoms. The average Bonchev–Trinajstić information content (AvgIpc) is 2.57. The molecule has 1 atom stereocenters. The minimum atomic E-state index is -0.587. The Morgan fingerprint density at radius 1 is 1.56 bits per heavy atom. The molecule has 0 saturated heterocycles. The number of ketones is 1. The van der Waals surface area contributed by atoms with E-state index in [4.69, 9.17) is 5.11 Å². The van der Waals surface area contributed by atoms with Gasteiger partial charge in [-0.05, 0) is 19.9 Å². The molecule has 1 aromatic heterocycles. The largest absolute Gasteiger partial charge is 0.392 e. The molecule has 0 radical (unpaired) electrons. The molecule has 0 fully saturated rings. The van der Waals surface area contributed by atoms with Gasteiger partial charge >= 0.3 is 0 Å². The van der Waals surface area contributed by atoms with Crippen LogP contribution >= 0.6 is 0 Å². The maximum atomic E-state index is 11.7. The van der Waals surface area contributed by atoms with E-state index in [0.717, 1.165) is 0 Å². The van der Waals surface area contributed by atoms with Crippen LogP contribution in [0.4, 0.5) is 0 Å². The maximum Gasteiger partial charge on any atom is 0.268 e. The number of aliphatic hydroxyl groups excluding tert-OH is 1. The lowest BCUT2D eigenvalue weighted by molar-refractivity contribution is 0.0916. The van der Waals surface area contributed by atoms with Gasteiger partial charge in [-0.25, -0.2) is 0 Å². The summed E-state index contributed by atoms with van der Waals surface area (Å²) in [5.74, 6) is -0.374. The second-order valence-electron chi connectivity index (χ2n) is 3.84. The van der Waals surface area contributed by atoms with E-state index in [1.807, 2.05) is 0 Å². The Morgan fingerprint density at radius 3 is 2.62 bits per heavy atom. The van der Waals surface area contributed by atoms with Crippen molar-refractivity contribution in [3.05, 3.63) is 23.5 Å². The number of hydrogen-bond donors (Lipinski definition) is 2. The third kappa shape index (κ3) is 2.93. The lowest BCUT2D eigenvalue weighted by atomic mass is 10.2. The Morgan fingerprint density at radius 2 is 2.19 bits per heavy atom. The van der Waals surface area contributed by atoms with Gasteiger partial charge < -0.3 is 15.0 Å². The number of Topliss-reactive ketones (excluding diaryl/α,β-unsaturated/α-hetero) is 1. The number of aryl methyl sites for hydroxylation is 1. The van der Waals surface area contributed by atoms with E-state index in [-0.39, 0.29) is 18.2 Å². The second kappa shape index (κ2) is 4.94. The molecule has 0 aliphatic carbocycles. The van der Waals surface area contributed by atoms with E-state index in [9.17, 15) is 9.59 Å². The highest BCUT2D eigenvalue weighted by Crippen LogP contribution is 2.07. The van der Waals surface area contributed by atoms with Gasteiger partial charge in [-0.2, -0.15) is 0 Å². The van der Waals surface area contributed by atoms with Crippen LogP contribution in [-0.2, 0) is 7.05 Å². The summed E-state index contributed by atoms with van der Waals surface area (Å²) in [6, 6.07) is 1.54. The van der Waals surface area contributed by atoms with Gasteiger partial charge in [0.05, 0.1) is 6.10 Å². The molecular weight excluding hydrogens is 208 g/mol. The van der Waals surface area contributed by atoms with Gasteiger partial charge in [0.1, 0.15) is 5.69 Å². The third-order valence-electron chi connectivity index (χ3n) is 2.20. The van der Waals surface area contributed by atoms with Crippen molar-refractivity contribution >= 4 is 11.7 Å². The van der Waals surface area contributed by atoms with Crippen molar-refractivity contribution in [2.75, 3.05) is 6.54 Å². The standard InChI is InChI=1S/C11H16N2O3/c1-7(14)5-12-11(16)10-4-9(8(2)15)6-13(10)3/h4,6-7,14H,5H2,1-3H3,(H,12,16). The van der Waals surface area contributed by atoms with E-state index < -0.39 is 6.10 Å². The van der Waals surface area contributed by atoms with E-state index in [0.29, 0.717) is 11.3 Å². The molecule has 1 amide bonds. The Balaban J connectivity index is 2.79. The zero-order valence-corrected chi connectivity index (χ0v) is 9.65. The molecular formula is C11H16N2O3. The fourth-order valence-corrected chi connectivity index (χ4v) is 1.31. The van der Waals surface area contributed by atoms with Gasteiger partial charge in [0.15, 0.2) is 5.78 Å². The molecule has 2 N–H and O–H groups in total. The number of rotatable bonds is 4. The molecule has 0 aliphatic heterocycles. The number of carbonyl (C=O) groups excluding carboxylic acids is 2. The van der Waals surface area contributed by atoms with Crippen LogP contribution in [0.3, 0.4) is 0 Å². The summed E-state index contributed by atoms with van der Waals surface area (Å²) >= 11 is 0. The summed E-state index contributed by atoms with van der Waals surface area (Å²) in [6.07, 6.45) is 1.02. The maximum absolute atomic E-state index is 11.7. The van der Waals surface area contributed by atoms with Crippen molar-refractivity contribution in [1.82, 2.24) is 9.88 Å². The first-order valence-electron chi connectivity index (χ1n) is 5.05. The average molecular weight is 224 g/mol. The quantitative estimate of drug-likeness (QED) is 0.724. The van der Waals surface area contributed by atoms with Gasteiger partial charge in [0.25, 0.3) is 5.91 Å². The predicted molar refractivity (Wildman–Crippen MR) is 59.4 cm³/mol. The molecule has 0 saturated carbocycles. The van der Waals surface area contributed by atoms with Gasteiger partial charge in [-0.15, -0.1) is 0 Å². The highest BCUT2D eigenvalue weighted by molar-refractivity contribution is 5.99. The highest BCUT2D eigenvalue weighted by Gasteiger charge is 2.13. The lowest BCUT2D eigenvalue weighted by Crippen LogP contribution is -2.31. The molecule has 1 unspecified atom stereocenters. The topological polar surface area (TPSA) is 71.3 Å². The molecule has 1 rings (SSSR count). The molecule has 1 aromatic rings. The van der Waals surface area contributed by atoms with Crippen molar-refractivity contribution in [3.63, 3.8) is 0 Å². The Kier molecular flexibility index (Phi) is 3.84. The van der Waals surface area contributed by atoms with E-state index in [1.165, 1.54) is 6.92 Å². The molecule has 0 spiro atoms. The van der Waals surface area contributed by atoms with Crippen molar-refractivity contribution < 1.29 is 14.7 Å². The van der Waals surface area contributed by atoms with Crippen LogP contribution in [0.5, 0.6) is 0 Å². The molecule has 0 aromatic carbocycles. The molecule has 16 heavy (non-hydrogen) atoms. The van der Waals surface area contributed by atoms with Crippen molar-refractivity contribution in [1.29, 1.82) is 0 Å². The summed E-state index contributed by atoms with van der Waals surface area (Å²) in [6.45, 7) is 3.23. The number of hydrogen-bond acceptors (Lipinski definition) is 3. The van der Waals surface area contributed by atoms with Crippen LogP contribution in [0.15, 0.2) is 12.3 Å². The van der Waals surface area contributed by atoms with Crippen LogP contribution in [0.1, 0.15) is 34.7 Å². The van der Waals surface area contributed by atoms with E-state index in [2.05, 4.69) is 5.32 Å². The van der Waals surface area contributed by atoms with E-state index >= 15 is 0 Å². The first kappa shape index (κ1) is 12.4. The Hall–Kier alpha value is -1.62. The number of aliphatic hydroxyl groups is 1. The predicted octanol–water partition coefficient (Wildman–Crippen LogP) is 0.338. The molecule has 1 heterocycles. The van der Waals surface area contributed by atoms with Crippen molar-refractivity contribution in [2.24, 2.45) is 7.05 Å². The fourth-order valence-electron chi connectivity index (χ4n) is 1.31. The van der Waals surface area contributed by atoms with Crippen LogP contribution < -0.4 is 5.32 Å². The van der Waals surface area contributed by atoms with Crippen molar-refractivity contribution in [2.45, 2.75) is 20.0 Å². The van der Waals surface area contributed by atoms with Gasteiger partial charge in [0, 0.05) is 25.4 Å². The summed E-state index contributed by atoms with van der Waals surface area (Å²) < 4.78 is 1.59. The van der Waals surface area contributed by atoms with Crippen LogP contribution in [0.25, 0.3) is 0 Å². The summed E-state index contributed by atoms with van der Waals surface area (Å²) in [5.41, 5.74) is 0.913. The number of amides is 1. The highest BCUT2D eigenvalue weighted by atomic mass is 16.3. The molecule has 0 aliphatic rings. The van der Waals surface area contributed by atoms with Gasteiger partial charge in [-0.1, -0.05) is 0 Å².